The van der Waals surface area contributed by atoms with Gasteiger partial charge in [0.2, 0.25) is 5.91 Å². The number of imidazole rings is 1. The molecule has 0 atom stereocenters. The minimum atomic E-state index is -0.266. The van der Waals surface area contributed by atoms with Crippen molar-refractivity contribution in [2.24, 2.45) is 0 Å². The normalized spacial score (nSPS) is 11.8. The predicted molar refractivity (Wildman–Crippen MR) is 79.7 cm³/mol. The molecular weight excluding hydrogens is 276 g/mol. The fourth-order valence-electron chi connectivity index (χ4n) is 2.01. The highest BCUT2D eigenvalue weighted by Crippen LogP contribution is 2.16. The van der Waals surface area contributed by atoms with Crippen molar-refractivity contribution in [3.05, 3.63) is 23.7 Å². The first-order valence-corrected chi connectivity index (χ1v) is 7.03. The molecular formula is C14H19ClN4O. The summed E-state index contributed by atoms with van der Waals surface area (Å²) in [5, 5.41) is 2.93. The summed E-state index contributed by atoms with van der Waals surface area (Å²) >= 11 is 5.92. The van der Waals surface area contributed by atoms with Crippen LogP contribution in [0.5, 0.6) is 0 Å². The van der Waals surface area contributed by atoms with E-state index >= 15 is 0 Å². The molecule has 0 aliphatic rings. The molecule has 2 aromatic heterocycles. The van der Waals surface area contributed by atoms with E-state index in [1.54, 1.807) is 4.57 Å². The number of rotatable bonds is 3. The van der Waals surface area contributed by atoms with Gasteiger partial charge in [0, 0.05) is 11.2 Å². The number of aromatic nitrogens is 3. The number of carbonyl (C=O) groups excluding carboxylic acids is 1. The summed E-state index contributed by atoms with van der Waals surface area (Å²) in [6.07, 6.45) is 0. The lowest BCUT2D eigenvalue weighted by molar-refractivity contribution is -0.123. The van der Waals surface area contributed by atoms with Gasteiger partial charge in [-0.15, -0.1) is 11.6 Å². The maximum atomic E-state index is 12.1. The Kier molecular flexibility index (Phi) is 3.99. The number of nitrogens with zero attached hydrogens (tertiary/aromatic N) is 3. The molecule has 2 heterocycles. The van der Waals surface area contributed by atoms with Crippen molar-refractivity contribution >= 4 is 28.7 Å². The van der Waals surface area contributed by atoms with Crippen LogP contribution in [0.2, 0.25) is 0 Å². The minimum Gasteiger partial charge on any atom is -0.350 e. The van der Waals surface area contributed by atoms with E-state index in [-0.39, 0.29) is 23.9 Å². The lowest BCUT2D eigenvalue weighted by Gasteiger charge is -2.21. The van der Waals surface area contributed by atoms with E-state index < -0.39 is 0 Å². The molecule has 5 nitrogen and oxygen atoms in total. The van der Waals surface area contributed by atoms with Gasteiger partial charge in [-0.25, -0.2) is 9.97 Å². The van der Waals surface area contributed by atoms with Gasteiger partial charge in [0.05, 0.1) is 5.88 Å². The molecule has 0 bridgehead atoms. The highest BCUT2D eigenvalue weighted by molar-refractivity contribution is 6.16. The molecule has 1 N–H and O–H groups in total. The van der Waals surface area contributed by atoms with E-state index in [9.17, 15) is 4.79 Å². The van der Waals surface area contributed by atoms with Gasteiger partial charge in [0.1, 0.15) is 17.9 Å². The molecule has 0 unspecified atom stereocenters. The SMILES string of the molecule is Cc1ccc2nc(CCl)n(CC(=O)NC(C)(C)C)c2n1. The summed E-state index contributed by atoms with van der Waals surface area (Å²) in [6.45, 7) is 7.92. The third-order valence-electron chi connectivity index (χ3n) is 2.75. The van der Waals surface area contributed by atoms with Crippen molar-refractivity contribution in [2.75, 3.05) is 0 Å². The van der Waals surface area contributed by atoms with Gasteiger partial charge >= 0.3 is 0 Å². The third kappa shape index (κ3) is 3.28. The Morgan fingerprint density at radius 1 is 1.35 bits per heavy atom. The van der Waals surface area contributed by atoms with Gasteiger partial charge in [-0.1, -0.05) is 0 Å². The largest absolute Gasteiger partial charge is 0.350 e. The Morgan fingerprint density at radius 3 is 2.65 bits per heavy atom. The van der Waals surface area contributed by atoms with Crippen molar-refractivity contribution in [2.45, 2.75) is 45.7 Å². The molecule has 0 fully saturated rings. The molecule has 0 radical (unpaired) electrons. The van der Waals surface area contributed by atoms with Crippen LogP contribution in [0.15, 0.2) is 12.1 Å². The van der Waals surface area contributed by atoms with Crippen LogP contribution in [0.4, 0.5) is 0 Å². The number of nitrogens with one attached hydrogen (secondary N) is 1. The average molecular weight is 295 g/mol. The number of pyridine rings is 1. The Labute approximate surface area is 123 Å². The molecule has 2 aromatic rings. The fourth-order valence-corrected chi connectivity index (χ4v) is 2.22. The van der Waals surface area contributed by atoms with Crippen LogP contribution >= 0.6 is 11.6 Å². The maximum absolute atomic E-state index is 12.1. The summed E-state index contributed by atoms with van der Waals surface area (Å²) in [5.74, 6) is 0.827. The summed E-state index contributed by atoms with van der Waals surface area (Å²) in [6, 6.07) is 3.79. The second-order valence-corrected chi connectivity index (χ2v) is 6.11. The molecule has 108 valence electrons. The van der Waals surface area contributed by atoms with Crippen molar-refractivity contribution in [1.82, 2.24) is 19.9 Å². The molecule has 6 heteroatoms. The molecule has 0 saturated carbocycles. The summed E-state index contributed by atoms with van der Waals surface area (Å²) in [5.41, 5.74) is 2.08. The van der Waals surface area contributed by atoms with Crippen LogP contribution in [0.3, 0.4) is 0 Å². The Bertz CT molecular complexity index is 642. The van der Waals surface area contributed by atoms with E-state index in [4.69, 9.17) is 11.6 Å². The second kappa shape index (κ2) is 5.40. The second-order valence-electron chi connectivity index (χ2n) is 5.84. The van der Waals surface area contributed by atoms with Gasteiger partial charge < -0.3 is 9.88 Å². The monoisotopic (exact) mass is 294 g/mol. The van der Waals surface area contributed by atoms with Gasteiger partial charge in [-0.05, 0) is 39.8 Å². The van der Waals surface area contributed by atoms with Gasteiger partial charge in [-0.2, -0.15) is 0 Å². The number of carbonyl (C=O) groups is 1. The summed E-state index contributed by atoms with van der Waals surface area (Å²) in [7, 11) is 0. The lowest BCUT2D eigenvalue weighted by Crippen LogP contribution is -2.42. The maximum Gasteiger partial charge on any atom is 0.240 e. The van der Waals surface area contributed by atoms with Crippen LogP contribution in [0, 0.1) is 6.92 Å². The molecule has 0 aliphatic heterocycles. The molecule has 0 saturated heterocycles. The van der Waals surface area contributed by atoms with Crippen LogP contribution in [-0.2, 0) is 17.2 Å². The highest BCUT2D eigenvalue weighted by Gasteiger charge is 2.18. The smallest absolute Gasteiger partial charge is 0.240 e. The van der Waals surface area contributed by atoms with Crippen molar-refractivity contribution in [3.63, 3.8) is 0 Å². The van der Waals surface area contributed by atoms with Crippen LogP contribution in [0.1, 0.15) is 32.3 Å². The number of aryl methyl sites for hydroxylation is 1. The van der Waals surface area contributed by atoms with Crippen LogP contribution in [-0.4, -0.2) is 26.0 Å². The Morgan fingerprint density at radius 2 is 2.05 bits per heavy atom. The topological polar surface area (TPSA) is 59.8 Å². The number of alkyl halides is 1. The van der Waals surface area contributed by atoms with E-state index in [1.165, 1.54) is 0 Å². The van der Waals surface area contributed by atoms with E-state index in [0.717, 1.165) is 11.2 Å². The molecule has 2 rings (SSSR count). The first-order chi connectivity index (χ1) is 9.30. The zero-order valence-corrected chi connectivity index (χ0v) is 13.0. The van der Waals surface area contributed by atoms with E-state index in [2.05, 4.69) is 15.3 Å². The van der Waals surface area contributed by atoms with Crippen molar-refractivity contribution in [1.29, 1.82) is 0 Å². The number of hydrogen-bond acceptors (Lipinski definition) is 3. The molecule has 1 amide bonds. The summed E-state index contributed by atoms with van der Waals surface area (Å²) in [4.78, 5) is 21.0. The predicted octanol–water partition coefficient (Wildman–Crippen LogP) is 2.39. The lowest BCUT2D eigenvalue weighted by atomic mass is 10.1. The fraction of sp³-hybridized carbons (Fsp3) is 0.500. The third-order valence-corrected chi connectivity index (χ3v) is 2.99. The van der Waals surface area contributed by atoms with Crippen LogP contribution < -0.4 is 5.32 Å². The zero-order chi connectivity index (χ0) is 14.9. The number of fused-ring (bicyclic) bond motifs is 1. The van der Waals surface area contributed by atoms with E-state index in [0.29, 0.717) is 11.5 Å². The van der Waals surface area contributed by atoms with Crippen molar-refractivity contribution < 1.29 is 4.79 Å². The van der Waals surface area contributed by atoms with E-state index in [1.807, 2.05) is 39.8 Å². The summed E-state index contributed by atoms with van der Waals surface area (Å²) < 4.78 is 1.77. The zero-order valence-electron chi connectivity index (χ0n) is 12.2. The first-order valence-electron chi connectivity index (χ1n) is 6.50. The Hall–Kier alpha value is -1.62. The number of amides is 1. The molecule has 0 aliphatic carbocycles. The van der Waals surface area contributed by atoms with Crippen LogP contribution in [0.25, 0.3) is 11.2 Å². The molecule has 20 heavy (non-hydrogen) atoms. The number of halogens is 1. The van der Waals surface area contributed by atoms with Crippen molar-refractivity contribution in [3.8, 4) is 0 Å². The number of hydrogen-bond donors (Lipinski definition) is 1. The quantitative estimate of drug-likeness (QED) is 0.884. The minimum absolute atomic E-state index is 0.0773. The van der Waals surface area contributed by atoms with Gasteiger partial charge in [0.15, 0.2) is 5.65 Å². The van der Waals surface area contributed by atoms with Gasteiger partial charge in [0.25, 0.3) is 0 Å². The average Bonchev–Trinajstić information content (AvgIpc) is 2.64. The standard InChI is InChI=1S/C14H19ClN4O/c1-9-5-6-10-13(16-9)19(11(7-15)17-10)8-12(20)18-14(2,3)4/h5-6H,7-8H2,1-4H3,(H,18,20). The highest BCUT2D eigenvalue weighted by atomic mass is 35.5. The Balaban J connectivity index is 2.37. The first kappa shape index (κ1) is 14.8. The van der Waals surface area contributed by atoms with Gasteiger partial charge in [-0.3, -0.25) is 4.79 Å². The molecule has 0 aromatic carbocycles. The molecule has 0 spiro atoms.